The second kappa shape index (κ2) is 5.41. The van der Waals surface area contributed by atoms with Gasteiger partial charge in [0.1, 0.15) is 0 Å². The van der Waals surface area contributed by atoms with Gasteiger partial charge in [-0.2, -0.15) is 0 Å². The fraction of sp³-hybridized carbons (Fsp3) is 0.933. The molecule has 108 valence electrons. The molecule has 1 amide bonds. The fourth-order valence-corrected chi connectivity index (χ4v) is 3.54. The lowest BCUT2D eigenvalue weighted by atomic mass is 9.91. The molecule has 19 heavy (non-hydrogen) atoms. The van der Waals surface area contributed by atoms with E-state index < -0.39 is 0 Å². The molecule has 0 radical (unpaired) electrons. The lowest BCUT2D eigenvalue weighted by molar-refractivity contribution is -0.129. The lowest BCUT2D eigenvalue weighted by Gasteiger charge is -2.34. The van der Waals surface area contributed by atoms with Crippen molar-refractivity contribution < 1.29 is 9.53 Å². The molecule has 1 N–H and O–H groups in total. The first kappa shape index (κ1) is 13.4. The minimum atomic E-state index is 0.0859. The number of amides is 1. The van der Waals surface area contributed by atoms with Crippen molar-refractivity contribution in [2.24, 2.45) is 11.8 Å². The van der Waals surface area contributed by atoms with E-state index in [4.69, 9.17) is 4.74 Å². The van der Waals surface area contributed by atoms with Gasteiger partial charge in [-0.1, -0.05) is 13.8 Å². The number of nitrogens with zero attached hydrogens (tertiary/aromatic N) is 1. The van der Waals surface area contributed by atoms with Gasteiger partial charge >= 0.3 is 0 Å². The predicted molar refractivity (Wildman–Crippen MR) is 73.8 cm³/mol. The summed E-state index contributed by atoms with van der Waals surface area (Å²) in [5.74, 6) is 1.01. The van der Waals surface area contributed by atoms with Crippen LogP contribution in [0.5, 0.6) is 0 Å². The highest BCUT2D eigenvalue weighted by atomic mass is 16.5. The van der Waals surface area contributed by atoms with Gasteiger partial charge in [-0.05, 0) is 31.6 Å². The zero-order chi connectivity index (χ0) is 13.4. The molecule has 4 nitrogen and oxygen atoms in total. The smallest absolute Gasteiger partial charge is 0.226 e. The van der Waals surface area contributed by atoms with Gasteiger partial charge in [0.2, 0.25) is 5.91 Å². The zero-order valence-corrected chi connectivity index (χ0v) is 12.1. The van der Waals surface area contributed by atoms with Crippen LogP contribution in [0.1, 0.15) is 39.5 Å². The molecule has 0 aromatic carbocycles. The Bertz CT molecular complexity index is 341. The first-order chi connectivity index (χ1) is 9.11. The molecule has 2 bridgehead atoms. The Kier molecular flexibility index (Phi) is 3.81. The van der Waals surface area contributed by atoms with Gasteiger partial charge in [-0.15, -0.1) is 0 Å². The van der Waals surface area contributed by atoms with E-state index in [1.807, 2.05) is 0 Å². The Morgan fingerprint density at radius 2 is 2.16 bits per heavy atom. The van der Waals surface area contributed by atoms with Crippen molar-refractivity contribution in [2.75, 3.05) is 19.6 Å². The van der Waals surface area contributed by atoms with Crippen molar-refractivity contribution in [3.8, 4) is 0 Å². The molecule has 3 aliphatic rings. The van der Waals surface area contributed by atoms with Crippen molar-refractivity contribution in [1.29, 1.82) is 0 Å². The number of hydrogen-bond donors (Lipinski definition) is 1. The Hall–Kier alpha value is -0.610. The number of nitrogens with one attached hydrogen (secondary N) is 1. The Morgan fingerprint density at radius 1 is 1.37 bits per heavy atom. The van der Waals surface area contributed by atoms with Crippen LogP contribution in [-0.4, -0.2) is 48.7 Å². The maximum atomic E-state index is 12.3. The van der Waals surface area contributed by atoms with E-state index >= 15 is 0 Å². The molecule has 3 atom stereocenters. The van der Waals surface area contributed by atoms with Crippen LogP contribution in [0.3, 0.4) is 0 Å². The van der Waals surface area contributed by atoms with E-state index in [2.05, 4.69) is 24.1 Å². The van der Waals surface area contributed by atoms with Crippen molar-refractivity contribution in [2.45, 2.75) is 57.8 Å². The quantitative estimate of drug-likeness (QED) is 0.836. The van der Waals surface area contributed by atoms with Gasteiger partial charge in [0.25, 0.3) is 0 Å². The normalized spacial score (nSPS) is 35.4. The number of carbonyl (C=O) groups excluding carboxylic acids is 1. The minimum absolute atomic E-state index is 0.0859. The van der Waals surface area contributed by atoms with Gasteiger partial charge < -0.3 is 10.1 Å². The maximum Gasteiger partial charge on any atom is 0.226 e. The standard InChI is InChI=1S/C15H26N2O2/c1-10(2)7-17-8-12-6-13(14(9-17)19-12)15(18)16-11-4-3-5-11/h10-14H,3-9H2,1-2H3,(H,16,18)/t12-,13+,14-/m1/s1. The molecular formula is C15H26N2O2. The average molecular weight is 266 g/mol. The number of fused-ring (bicyclic) bond motifs is 2. The highest BCUT2D eigenvalue weighted by Crippen LogP contribution is 2.33. The molecule has 1 aliphatic carbocycles. The molecule has 3 fully saturated rings. The monoisotopic (exact) mass is 266 g/mol. The Labute approximate surface area is 115 Å². The van der Waals surface area contributed by atoms with Gasteiger partial charge in [0.15, 0.2) is 0 Å². The van der Waals surface area contributed by atoms with E-state index in [1.165, 1.54) is 6.42 Å². The van der Waals surface area contributed by atoms with E-state index in [0.717, 1.165) is 38.9 Å². The fourth-order valence-electron chi connectivity index (χ4n) is 3.54. The Morgan fingerprint density at radius 3 is 2.79 bits per heavy atom. The molecule has 0 aromatic heterocycles. The van der Waals surface area contributed by atoms with Crippen LogP contribution >= 0.6 is 0 Å². The minimum Gasteiger partial charge on any atom is -0.371 e. The number of hydrogen-bond acceptors (Lipinski definition) is 3. The summed E-state index contributed by atoms with van der Waals surface area (Å²) in [6.07, 6.45) is 4.89. The van der Waals surface area contributed by atoms with E-state index in [-0.39, 0.29) is 24.0 Å². The molecule has 0 unspecified atom stereocenters. The molecule has 4 heteroatoms. The van der Waals surface area contributed by atoms with E-state index in [0.29, 0.717) is 12.0 Å². The second-order valence-corrected chi connectivity index (χ2v) is 6.89. The highest BCUT2D eigenvalue weighted by molar-refractivity contribution is 5.80. The van der Waals surface area contributed by atoms with Crippen molar-refractivity contribution in [1.82, 2.24) is 10.2 Å². The number of likely N-dealkylation sites (tertiary alicyclic amines) is 1. The van der Waals surface area contributed by atoms with Gasteiger partial charge in [0, 0.05) is 25.7 Å². The van der Waals surface area contributed by atoms with E-state index in [9.17, 15) is 4.79 Å². The van der Waals surface area contributed by atoms with Crippen molar-refractivity contribution in [3.05, 3.63) is 0 Å². The van der Waals surface area contributed by atoms with Crippen LogP contribution in [0.15, 0.2) is 0 Å². The van der Waals surface area contributed by atoms with E-state index in [1.54, 1.807) is 0 Å². The third kappa shape index (κ3) is 2.95. The first-order valence-electron chi connectivity index (χ1n) is 7.80. The second-order valence-electron chi connectivity index (χ2n) is 6.89. The van der Waals surface area contributed by atoms with Crippen molar-refractivity contribution in [3.63, 3.8) is 0 Å². The zero-order valence-electron chi connectivity index (χ0n) is 12.1. The van der Waals surface area contributed by atoms with Crippen LogP contribution in [0.2, 0.25) is 0 Å². The molecular weight excluding hydrogens is 240 g/mol. The number of rotatable bonds is 4. The summed E-state index contributed by atoms with van der Waals surface area (Å²) in [6.45, 7) is 7.54. The van der Waals surface area contributed by atoms with Crippen LogP contribution in [0.4, 0.5) is 0 Å². The van der Waals surface area contributed by atoms with Gasteiger partial charge in [-0.3, -0.25) is 9.69 Å². The summed E-state index contributed by atoms with van der Waals surface area (Å²) in [5, 5.41) is 3.19. The summed E-state index contributed by atoms with van der Waals surface area (Å²) >= 11 is 0. The number of carbonyl (C=O) groups is 1. The molecule has 3 rings (SSSR count). The van der Waals surface area contributed by atoms with Gasteiger partial charge in [-0.25, -0.2) is 0 Å². The third-order valence-electron chi connectivity index (χ3n) is 4.64. The average Bonchev–Trinajstić information content (AvgIpc) is 2.58. The van der Waals surface area contributed by atoms with Crippen molar-refractivity contribution >= 4 is 5.91 Å². The molecule has 2 heterocycles. The predicted octanol–water partition coefficient (Wildman–Crippen LogP) is 1.40. The van der Waals surface area contributed by atoms with Crippen LogP contribution in [0, 0.1) is 11.8 Å². The summed E-state index contributed by atoms with van der Waals surface area (Å²) in [4.78, 5) is 14.8. The largest absolute Gasteiger partial charge is 0.371 e. The summed E-state index contributed by atoms with van der Waals surface area (Å²) in [5.41, 5.74) is 0. The highest BCUT2D eigenvalue weighted by Gasteiger charge is 2.45. The molecule has 2 saturated heterocycles. The Balaban J connectivity index is 1.55. The number of morpholine rings is 1. The molecule has 1 saturated carbocycles. The summed E-state index contributed by atoms with van der Waals surface area (Å²) < 4.78 is 5.97. The van der Waals surface area contributed by atoms with Crippen LogP contribution in [0.25, 0.3) is 0 Å². The molecule has 0 aromatic rings. The van der Waals surface area contributed by atoms with Crippen LogP contribution in [-0.2, 0) is 9.53 Å². The lowest BCUT2D eigenvalue weighted by Crippen LogP contribution is -2.48. The molecule has 2 aliphatic heterocycles. The topological polar surface area (TPSA) is 41.6 Å². The summed E-state index contributed by atoms with van der Waals surface area (Å²) in [7, 11) is 0. The first-order valence-corrected chi connectivity index (χ1v) is 7.80. The summed E-state index contributed by atoms with van der Waals surface area (Å²) in [6, 6.07) is 0.444. The molecule has 0 spiro atoms. The van der Waals surface area contributed by atoms with Gasteiger partial charge in [0.05, 0.1) is 18.1 Å². The third-order valence-corrected chi connectivity index (χ3v) is 4.64. The number of ether oxygens (including phenoxy) is 1. The van der Waals surface area contributed by atoms with Crippen LogP contribution < -0.4 is 5.32 Å². The maximum absolute atomic E-state index is 12.3. The SMILES string of the molecule is CC(C)CN1C[C@H]2C[C@H](C(=O)NC3CCC3)[C@@H](C1)O2.